The second kappa shape index (κ2) is 7.84. The predicted molar refractivity (Wildman–Crippen MR) is 86.0 cm³/mol. The summed E-state index contributed by atoms with van der Waals surface area (Å²) in [6.45, 7) is 7.27. The summed E-state index contributed by atoms with van der Waals surface area (Å²) in [7, 11) is 0. The molecule has 0 radical (unpaired) electrons. The number of benzene rings is 1. The van der Waals surface area contributed by atoms with E-state index in [-0.39, 0.29) is 18.3 Å². The van der Waals surface area contributed by atoms with Gasteiger partial charge in [0.05, 0.1) is 6.54 Å². The van der Waals surface area contributed by atoms with Gasteiger partial charge in [0.2, 0.25) is 5.91 Å². The number of carbonyl (C=O) groups is 1. The SMILES string of the molecule is Cc1ccc(NC(=O)CN2CCNC[C@@H]2C)cc1Cl.Cl. The molecule has 1 aliphatic rings. The third kappa shape index (κ3) is 4.63. The normalized spacial score (nSPS) is 19.2. The van der Waals surface area contributed by atoms with Crippen molar-refractivity contribution >= 4 is 35.6 Å². The van der Waals surface area contributed by atoms with Gasteiger partial charge < -0.3 is 10.6 Å². The van der Waals surface area contributed by atoms with E-state index in [2.05, 4.69) is 22.5 Å². The number of aryl methyl sites for hydroxylation is 1. The molecule has 0 aromatic heterocycles. The molecule has 1 atom stereocenters. The van der Waals surface area contributed by atoms with E-state index in [9.17, 15) is 4.79 Å². The van der Waals surface area contributed by atoms with Gasteiger partial charge in [0.25, 0.3) is 0 Å². The minimum absolute atomic E-state index is 0. The summed E-state index contributed by atoms with van der Waals surface area (Å²) < 4.78 is 0. The van der Waals surface area contributed by atoms with Crippen molar-refractivity contribution < 1.29 is 4.79 Å². The largest absolute Gasteiger partial charge is 0.325 e. The molecule has 2 N–H and O–H groups in total. The Morgan fingerprint density at radius 2 is 2.30 bits per heavy atom. The first-order valence-corrected chi connectivity index (χ1v) is 6.95. The van der Waals surface area contributed by atoms with Gasteiger partial charge in [0.1, 0.15) is 0 Å². The summed E-state index contributed by atoms with van der Waals surface area (Å²) >= 11 is 6.04. The quantitative estimate of drug-likeness (QED) is 0.899. The third-order valence-electron chi connectivity index (χ3n) is 3.44. The second-order valence-corrected chi connectivity index (χ2v) is 5.44. The molecular formula is C14H21Cl2N3O. The van der Waals surface area contributed by atoms with Gasteiger partial charge in [-0.1, -0.05) is 17.7 Å². The fraction of sp³-hybridized carbons (Fsp3) is 0.500. The molecule has 1 aliphatic heterocycles. The lowest BCUT2D eigenvalue weighted by molar-refractivity contribution is -0.118. The van der Waals surface area contributed by atoms with Crippen LogP contribution in [0.1, 0.15) is 12.5 Å². The number of nitrogens with zero attached hydrogens (tertiary/aromatic N) is 1. The van der Waals surface area contributed by atoms with Crippen LogP contribution in [0, 0.1) is 6.92 Å². The van der Waals surface area contributed by atoms with E-state index < -0.39 is 0 Å². The summed E-state index contributed by atoms with van der Waals surface area (Å²) in [5.74, 6) is 0.00803. The monoisotopic (exact) mass is 317 g/mol. The minimum atomic E-state index is 0. The minimum Gasteiger partial charge on any atom is -0.325 e. The molecule has 0 saturated carbocycles. The van der Waals surface area contributed by atoms with Crippen LogP contribution in [-0.4, -0.2) is 43.0 Å². The highest BCUT2D eigenvalue weighted by molar-refractivity contribution is 6.31. The predicted octanol–water partition coefficient (Wildman–Crippen LogP) is 2.30. The molecule has 1 amide bonds. The van der Waals surface area contributed by atoms with E-state index in [1.165, 1.54) is 0 Å². The molecule has 2 rings (SSSR count). The lowest BCUT2D eigenvalue weighted by Crippen LogP contribution is -2.51. The van der Waals surface area contributed by atoms with E-state index in [1.54, 1.807) is 6.07 Å². The Bertz CT molecular complexity index is 468. The van der Waals surface area contributed by atoms with Crippen LogP contribution in [0.3, 0.4) is 0 Å². The number of amides is 1. The lowest BCUT2D eigenvalue weighted by Gasteiger charge is -2.33. The summed E-state index contributed by atoms with van der Waals surface area (Å²) in [5, 5.41) is 6.88. The van der Waals surface area contributed by atoms with Crippen molar-refractivity contribution in [1.29, 1.82) is 0 Å². The molecule has 4 nitrogen and oxygen atoms in total. The topological polar surface area (TPSA) is 44.4 Å². The van der Waals surface area contributed by atoms with Crippen molar-refractivity contribution in [3.05, 3.63) is 28.8 Å². The van der Waals surface area contributed by atoms with Crippen molar-refractivity contribution in [1.82, 2.24) is 10.2 Å². The summed E-state index contributed by atoms with van der Waals surface area (Å²) in [6, 6.07) is 5.96. The average molecular weight is 318 g/mol. The summed E-state index contributed by atoms with van der Waals surface area (Å²) in [5.41, 5.74) is 1.76. The summed E-state index contributed by atoms with van der Waals surface area (Å²) in [4.78, 5) is 14.2. The highest BCUT2D eigenvalue weighted by Crippen LogP contribution is 2.19. The molecule has 0 bridgehead atoms. The van der Waals surface area contributed by atoms with Crippen LogP contribution < -0.4 is 10.6 Å². The zero-order chi connectivity index (χ0) is 13.8. The molecular weight excluding hydrogens is 297 g/mol. The number of carbonyl (C=O) groups excluding carboxylic acids is 1. The fourth-order valence-electron chi connectivity index (χ4n) is 2.17. The molecule has 20 heavy (non-hydrogen) atoms. The van der Waals surface area contributed by atoms with Crippen LogP contribution in [0.25, 0.3) is 0 Å². The molecule has 0 spiro atoms. The fourth-order valence-corrected chi connectivity index (χ4v) is 2.35. The molecule has 112 valence electrons. The van der Waals surface area contributed by atoms with Gasteiger partial charge in [-0.25, -0.2) is 0 Å². The van der Waals surface area contributed by atoms with E-state index in [4.69, 9.17) is 11.6 Å². The average Bonchev–Trinajstić information content (AvgIpc) is 2.37. The molecule has 1 aromatic carbocycles. The zero-order valence-electron chi connectivity index (χ0n) is 11.8. The molecule has 1 saturated heterocycles. The van der Waals surface area contributed by atoms with Crippen LogP contribution in [0.5, 0.6) is 0 Å². The molecule has 0 aliphatic carbocycles. The maximum atomic E-state index is 12.0. The number of halogens is 2. The second-order valence-electron chi connectivity index (χ2n) is 5.04. The Labute approximate surface area is 131 Å². The van der Waals surface area contributed by atoms with Gasteiger partial charge in [0, 0.05) is 36.4 Å². The zero-order valence-corrected chi connectivity index (χ0v) is 13.4. The number of anilines is 1. The lowest BCUT2D eigenvalue weighted by atomic mass is 10.2. The number of hydrogen-bond acceptors (Lipinski definition) is 3. The Balaban J connectivity index is 0.00000200. The van der Waals surface area contributed by atoms with Crippen LogP contribution in [0.2, 0.25) is 5.02 Å². The highest BCUT2D eigenvalue weighted by Gasteiger charge is 2.20. The van der Waals surface area contributed by atoms with Crippen LogP contribution >= 0.6 is 24.0 Å². The molecule has 1 fully saturated rings. The van der Waals surface area contributed by atoms with Crippen molar-refractivity contribution in [3.63, 3.8) is 0 Å². The number of piperazine rings is 1. The molecule has 1 aromatic rings. The number of hydrogen-bond donors (Lipinski definition) is 2. The van der Waals surface area contributed by atoms with E-state index in [1.807, 2.05) is 19.1 Å². The van der Waals surface area contributed by atoms with Gasteiger partial charge in [-0.15, -0.1) is 12.4 Å². The van der Waals surface area contributed by atoms with E-state index >= 15 is 0 Å². The first-order chi connectivity index (χ1) is 9.06. The Hall–Kier alpha value is -0.810. The summed E-state index contributed by atoms with van der Waals surface area (Å²) in [6.07, 6.45) is 0. The molecule has 0 unspecified atom stereocenters. The first kappa shape index (κ1) is 17.2. The van der Waals surface area contributed by atoms with Crippen LogP contribution in [0.4, 0.5) is 5.69 Å². The van der Waals surface area contributed by atoms with Crippen LogP contribution in [-0.2, 0) is 4.79 Å². The van der Waals surface area contributed by atoms with Crippen molar-refractivity contribution in [2.24, 2.45) is 0 Å². The Morgan fingerprint density at radius 1 is 1.55 bits per heavy atom. The van der Waals surface area contributed by atoms with Crippen molar-refractivity contribution in [2.75, 3.05) is 31.5 Å². The van der Waals surface area contributed by atoms with Gasteiger partial charge in [-0.05, 0) is 31.5 Å². The molecule has 1 heterocycles. The van der Waals surface area contributed by atoms with E-state index in [0.29, 0.717) is 17.6 Å². The third-order valence-corrected chi connectivity index (χ3v) is 3.85. The smallest absolute Gasteiger partial charge is 0.238 e. The highest BCUT2D eigenvalue weighted by atomic mass is 35.5. The molecule has 6 heteroatoms. The Morgan fingerprint density at radius 3 is 2.95 bits per heavy atom. The Kier molecular flexibility index (Phi) is 6.76. The van der Waals surface area contributed by atoms with Gasteiger partial charge >= 0.3 is 0 Å². The maximum Gasteiger partial charge on any atom is 0.238 e. The number of nitrogens with one attached hydrogen (secondary N) is 2. The van der Waals surface area contributed by atoms with Crippen molar-refractivity contribution in [3.8, 4) is 0 Å². The van der Waals surface area contributed by atoms with Gasteiger partial charge in [0.15, 0.2) is 0 Å². The van der Waals surface area contributed by atoms with Crippen LogP contribution in [0.15, 0.2) is 18.2 Å². The standard InChI is InChI=1S/C14H20ClN3O.ClH/c1-10-3-4-12(7-13(10)15)17-14(19)9-18-6-5-16-8-11(18)2;/h3-4,7,11,16H,5-6,8-9H2,1-2H3,(H,17,19);1H/t11-;/m0./s1. The van der Waals surface area contributed by atoms with Gasteiger partial charge in [-0.3, -0.25) is 9.69 Å². The van der Waals surface area contributed by atoms with Gasteiger partial charge in [-0.2, -0.15) is 0 Å². The maximum absolute atomic E-state index is 12.0. The first-order valence-electron chi connectivity index (χ1n) is 6.57. The van der Waals surface area contributed by atoms with Crippen molar-refractivity contribution in [2.45, 2.75) is 19.9 Å². The van der Waals surface area contributed by atoms with E-state index in [0.717, 1.165) is 30.9 Å². The number of rotatable bonds is 3.